The summed E-state index contributed by atoms with van der Waals surface area (Å²) < 4.78 is 47.1. The fraction of sp³-hybridized carbons (Fsp3) is 0.677. The van der Waals surface area contributed by atoms with Crippen molar-refractivity contribution in [1.29, 1.82) is 5.41 Å². The van der Waals surface area contributed by atoms with Gasteiger partial charge in [0.05, 0.1) is 12.1 Å². The van der Waals surface area contributed by atoms with Crippen molar-refractivity contribution >= 4 is 29.1 Å². The number of ketones is 1. The van der Waals surface area contributed by atoms with Crippen LogP contribution in [0.15, 0.2) is 40.0 Å². The second-order valence-electron chi connectivity index (χ2n) is 12.7. The van der Waals surface area contributed by atoms with Crippen LogP contribution in [-0.4, -0.2) is 76.3 Å². The van der Waals surface area contributed by atoms with E-state index >= 15 is 0 Å². The second kappa shape index (κ2) is 14.5. The molecule has 0 amide bonds. The molecule has 1 aromatic heterocycles. The molecule has 1 saturated heterocycles. The lowest BCUT2D eigenvalue weighted by Crippen LogP contribution is -2.45. The van der Waals surface area contributed by atoms with Crippen molar-refractivity contribution in [3.8, 4) is 5.88 Å². The first-order chi connectivity index (χ1) is 20.5. The average molecular weight is 640 g/mol. The predicted octanol–water partition coefficient (Wildman–Crippen LogP) is 6.17. The Morgan fingerprint density at radius 3 is 2.52 bits per heavy atom. The minimum absolute atomic E-state index is 0.0636. The molecule has 2 fully saturated rings. The van der Waals surface area contributed by atoms with Crippen molar-refractivity contribution in [3.63, 3.8) is 0 Å². The van der Waals surface area contributed by atoms with Gasteiger partial charge >= 0.3 is 6.18 Å². The first kappa shape index (κ1) is 35.7. The van der Waals surface area contributed by atoms with Gasteiger partial charge in [0.15, 0.2) is 5.78 Å². The molecule has 0 radical (unpaired) electrons. The summed E-state index contributed by atoms with van der Waals surface area (Å²) in [6, 6.07) is 1.54. The van der Waals surface area contributed by atoms with Crippen LogP contribution < -0.4 is 15.4 Å². The Labute approximate surface area is 263 Å². The van der Waals surface area contributed by atoms with Gasteiger partial charge in [0.2, 0.25) is 5.88 Å². The standard InChI is InChI=1S/C31H48F3N7O2S/c1-9-24(25(42)15-37-19-44-26(16-36-8)21(4)35)28(40-17-23(20(2)3)14-29(40,6)7)38-22(5)41-13-10-27(39-41)43-18-30(11-12-30)31(32,33)34/h9-10,13,16,20,22-23,35-37H,11-12,14-15,17-19H2,1-8H3/b24-9-,26-16+,35-21?,38-28+. The number of carbonyl (C=O) groups excluding carboxylic acids is 1. The number of likely N-dealkylation sites (tertiary alicyclic amines) is 1. The number of hydrogen-bond acceptors (Lipinski definition) is 8. The first-order valence-corrected chi connectivity index (χ1v) is 16.1. The fourth-order valence-corrected chi connectivity index (χ4v) is 6.09. The third-order valence-electron chi connectivity index (χ3n) is 8.43. The van der Waals surface area contributed by atoms with Crippen LogP contribution in [-0.2, 0) is 4.79 Å². The molecule has 3 rings (SSSR count). The minimum Gasteiger partial charge on any atom is -0.476 e. The highest BCUT2D eigenvalue weighted by Crippen LogP contribution is 2.57. The Kier molecular flexibility index (Phi) is 11.8. The Hall–Kier alpha value is -2.80. The highest BCUT2D eigenvalue weighted by atomic mass is 32.2. The molecular weight excluding hydrogens is 591 g/mol. The monoisotopic (exact) mass is 639 g/mol. The number of Topliss-reactive ketones (excluding diaryl/α,β-unsaturated/α-hetero) is 1. The number of thioether (sulfide) groups is 1. The van der Waals surface area contributed by atoms with E-state index in [1.807, 2.05) is 13.8 Å². The molecule has 2 unspecified atom stereocenters. The van der Waals surface area contributed by atoms with E-state index in [4.69, 9.17) is 15.1 Å². The number of nitrogens with zero attached hydrogens (tertiary/aromatic N) is 4. The van der Waals surface area contributed by atoms with Crippen molar-refractivity contribution < 1.29 is 22.7 Å². The van der Waals surface area contributed by atoms with Crippen LogP contribution in [0.5, 0.6) is 5.88 Å². The molecule has 2 atom stereocenters. The van der Waals surface area contributed by atoms with Gasteiger partial charge in [0, 0.05) is 54.1 Å². The number of carbonyl (C=O) groups is 1. The molecule has 246 valence electrons. The number of halogens is 3. The number of allylic oxidation sites excluding steroid dienone is 2. The molecule has 0 bridgehead atoms. The van der Waals surface area contributed by atoms with Gasteiger partial charge in [-0.2, -0.15) is 13.2 Å². The number of aliphatic imine (C=N–C) groups is 1. The van der Waals surface area contributed by atoms with Gasteiger partial charge < -0.3 is 25.7 Å². The van der Waals surface area contributed by atoms with Crippen LogP contribution in [0.1, 0.15) is 73.9 Å². The lowest BCUT2D eigenvalue weighted by molar-refractivity contribution is -0.194. The molecule has 9 nitrogen and oxygen atoms in total. The van der Waals surface area contributed by atoms with Crippen LogP contribution in [0.3, 0.4) is 0 Å². The van der Waals surface area contributed by atoms with Gasteiger partial charge in [-0.15, -0.1) is 16.9 Å². The topological polar surface area (TPSA) is 108 Å². The summed E-state index contributed by atoms with van der Waals surface area (Å²) in [4.78, 5) is 21.7. The molecule has 1 aliphatic carbocycles. The van der Waals surface area contributed by atoms with Crippen molar-refractivity contribution in [3.05, 3.63) is 35.0 Å². The zero-order chi connectivity index (χ0) is 32.9. The van der Waals surface area contributed by atoms with E-state index in [0.717, 1.165) is 17.9 Å². The number of aromatic nitrogens is 2. The minimum atomic E-state index is -4.30. The van der Waals surface area contributed by atoms with E-state index in [-0.39, 0.29) is 36.6 Å². The highest BCUT2D eigenvalue weighted by Gasteiger charge is 2.64. The molecule has 0 aromatic carbocycles. The van der Waals surface area contributed by atoms with E-state index in [1.165, 1.54) is 11.8 Å². The third-order valence-corrected chi connectivity index (χ3v) is 9.51. The average Bonchev–Trinajstić information content (AvgIpc) is 3.48. The van der Waals surface area contributed by atoms with Crippen LogP contribution in [0.2, 0.25) is 0 Å². The zero-order valence-corrected chi connectivity index (χ0v) is 28.0. The lowest BCUT2D eigenvalue weighted by Gasteiger charge is -2.35. The van der Waals surface area contributed by atoms with E-state index in [9.17, 15) is 18.0 Å². The summed E-state index contributed by atoms with van der Waals surface area (Å²) in [6.45, 7) is 14.5. The van der Waals surface area contributed by atoms with Crippen molar-refractivity contribution in [2.45, 2.75) is 85.6 Å². The van der Waals surface area contributed by atoms with Crippen LogP contribution in [0.4, 0.5) is 13.2 Å². The van der Waals surface area contributed by atoms with Crippen molar-refractivity contribution in [2.75, 3.05) is 32.6 Å². The Bertz CT molecular complexity index is 1270. The molecule has 3 N–H and O–H groups in total. The molecule has 2 heterocycles. The van der Waals surface area contributed by atoms with Gasteiger partial charge in [0.1, 0.15) is 24.0 Å². The Balaban J connectivity index is 1.82. The van der Waals surface area contributed by atoms with Gasteiger partial charge in [-0.05, 0) is 65.7 Å². The highest BCUT2D eigenvalue weighted by molar-refractivity contribution is 8.03. The second-order valence-corrected chi connectivity index (χ2v) is 13.7. The number of alkyl halides is 3. The third kappa shape index (κ3) is 8.68. The van der Waals surface area contributed by atoms with E-state index in [1.54, 1.807) is 43.2 Å². The van der Waals surface area contributed by atoms with Crippen molar-refractivity contribution in [1.82, 2.24) is 25.3 Å². The summed E-state index contributed by atoms with van der Waals surface area (Å²) in [5.74, 6) is 1.90. The zero-order valence-electron chi connectivity index (χ0n) is 27.1. The summed E-state index contributed by atoms with van der Waals surface area (Å²) in [5, 5.41) is 18.4. The summed E-state index contributed by atoms with van der Waals surface area (Å²) in [6.07, 6.45) is 1.41. The summed E-state index contributed by atoms with van der Waals surface area (Å²) in [5.41, 5.74) is -1.11. The first-order valence-electron chi connectivity index (χ1n) is 15.1. The molecule has 1 saturated carbocycles. The molecule has 44 heavy (non-hydrogen) atoms. The van der Waals surface area contributed by atoms with Gasteiger partial charge in [-0.25, -0.2) is 9.67 Å². The smallest absolute Gasteiger partial charge is 0.397 e. The molecule has 2 aliphatic rings. The van der Waals surface area contributed by atoms with Crippen LogP contribution in [0.25, 0.3) is 0 Å². The largest absolute Gasteiger partial charge is 0.476 e. The van der Waals surface area contributed by atoms with Gasteiger partial charge in [-0.1, -0.05) is 19.9 Å². The fourth-order valence-electron chi connectivity index (χ4n) is 5.31. The summed E-state index contributed by atoms with van der Waals surface area (Å²) >= 11 is 1.44. The van der Waals surface area contributed by atoms with Gasteiger partial charge in [0.25, 0.3) is 0 Å². The Morgan fingerprint density at radius 1 is 1.32 bits per heavy atom. The molecular formula is C31H48F3N7O2S. The maximum absolute atomic E-state index is 13.6. The van der Waals surface area contributed by atoms with Crippen LogP contribution >= 0.6 is 11.8 Å². The molecule has 13 heteroatoms. The molecule has 0 spiro atoms. The van der Waals surface area contributed by atoms with E-state index in [0.29, 0.717) is 34.8 Å². The normalized spacial score (nSPS) is 21.0. The maximum atomic E-state index is 13.6. The van der Waals surface area contributed by atoms with E-state index < -0.39 is 24.4 Å². The number of ether oxygens (including phenoxy) is 1. The number of rotatable bonds is 15. The Morgan fingerprint density at radius 2 is 2.00 bits per heavy atom. The summed E-state index contributed by atoms with van der Waals surface area (Å²) in [7, 11) is 1.78. The predicted molar refractivity (Wildman–Crippen MR) is 171 cm³/mol. The number of amidine groups is 1. The number of nitrogens with one attached hydrogen (secondary N) is 3. The van der Waals surface area contributed by atoms with E-state index in [2.05, 4.69) is 48.3 Å². The molecule has 1 aliphatic heterocycles. The number of hydrogen-bond donors (Lipinski definition) is 3. The van der Waals surface area contributed by atoms with Gasteiger partial charge in [-0.3, -0.25) is 4.79 Å². The SMILES string of the molecule is C/C=C(C(=O)CNCS/C(=C/NC)C(C)=N)\C(=N/C(C)n1ccc(OCC2(C(F)(F)F)CC2)n1)N1CC(C(C)C)CC1(C)C. The lowest BCUT2D eigenvalue weighted by atomic mass is 9.89. The quantitative estimate of drug-likeness (QED) is 0.0692. The maximum Gasteiger partial charge on any atom is 0.397 e. The van der Waals surface area contributed by atoms with Crippen molar-refractivity contribution in [2.24, 2.45) is 22.2 Å². The van der Waals surface area contributed by atoms with Crippen LogP contribution in [0, 0.1) is 22.7 Å². The molecule has 1 aromatic rings.